The van der Waals surface area contributed by atoms with Crippen LogP contribution in [0.2, 0.25) is 5.02 Å². The molecule has 0 spiro atoms. The van der Waals surface area contributed by atoms with Gasteiger partial charge in [-0.3, -0.25) is 0 Å². The zero-order valence-corrected chi connectivity index (χ0v) is 13.3. The Morgan fingerprint density at radius 2 is 2.00 bits per heavy atom. The summed E-state index contributed by atoms with van der Waals surface area (Å²) >= 11 is 7.71. The molecule has 19 heavy (non-hydrogen) atoms. The molecule has 0 saturated heterocycles. The zero-order valence-electron chi connectivity index (χ0n) is 11.7. The normalized spacial score (nSPS) is 13.6. The molecule has 1 heterocycles. The summed E-state index contributed by atoms with van der Waals surface area (Å²) in [6.45, 7) is 8.47. The van der Waals surface area contributed by atoms with Crippen molar-refractivity contribution in [1.29, 1.82) is 0 Å². The first-order valence-electron chi connectivity index (χ1n) is 6.28. The molecule has 0 bridgehead atoms. The van der Waals surface area contributed by atoms with E-state index >= 15 is 0 Å². The van der Waals surface area contributed by atoms with E-state index in [0.717, 1.165) is 21.3 Å². The SMILES string of the molecule is Cc1sc(C(N)C(C)(C)C)nc1-c1cccc(Cl)c1. The van der Waals surface area contributed by atoms with Crippen molar-refractivity contribution in [2.75, 3.05) is 0 Å². The second kappa shape index (κ2) is 5.23. The second-order valence-corrected chi connectivity index (χ2v) is 7.48. The molecule has 1 aromatic carbocycles. The van der Waals surface area contributed by atoms with Crippen LogP contribution < -0.4 is 5.73 Å². The highest BCUT2D eigenvalue weighted by Gasteiger charge is 2.26. The maximum absolute atomic E-state index is 6.28. The molecule has 1 atom stereocenters. The monoisotopic (exact) mass is 294 g/mol. The summed E-state index contributed by atoms with van der Waals surface area (Å²) in [6, 6.07) is 7.73. The van der Waals surface area contributed by atoms with Gasteiger partial charge in [-0.1, -0.05) is 44.5 Å². The first-order valence-corrected chi connectivity index (χ1v) is 7.47. The Kier molecular flexibility index (Phi) is 4.00. The highest BCUT2D eigenvalue weighted by atomic mass is 35.5. The molecule has 0 aliphatic heterocycles. The summed E-state index contributed by atoms with van der Waals surface area (Å²) in [5.41, 5.74) is 8.33. The van der Waals surface area contributed by atoms with Gasteiger partial charge < -0.3 is 5.73 Å². The minimum Gasteiger partial charge on any atom is -0.322 e. The van der Waals surface area contributed by atoms with Crippen LogP contribution in [0, 0.1) is 12.3 Å². The number of aromatic nitrogens is 1. The Labute approximate surface area is 123 Å². The van der Waals surface area contributed by atoms with E-state index in [1.54, 1.807) is 11.3 Å². The van der Waals surface area contributed by atoms with Gasteiger partial charge in [-0.25, -0.2) is 4.98 Å². The van der Waals surface area contributed by atoms with E-state index < -0.39 is 0 Å². The number of thiazole rings is 1. The quantitative estimate of drug-likeness (QED) is 0.862. The Morgan fingerprint density at radius 1 is 1.32 bits per heavy atom. The van der Waals surface area contributed by atoms with Gasteiger partial charge in [0.1, 0.15) is 5.01 Å². The molecular weight excluding hydrogens is 276 g/mol. The van der Waals surface area contributed by atoms with Crippen molar-refractivity contribution < 1.29 is 0 Å². The summed E-state index contributed by atoms with van der Waals surface area (Å²) < 4.78 is 0. The predicted octanol–water partition coefficient (Wildman–Crippen LogP) is 4.82. The van der Waals surface area contributed by atoms with Crippen molar-refractivity contribution in [3.63, 3.8) is 0 Å². The number of nitrogens with two attached hydrogens (primary N) is 1. The van der Waals surface area contributed by atoms with Crippen LogP contribution in [0.4, 0.5) is 0 Å². The van der Waals surface area contributed by atoms with E-state index in [-0.39, 0.29) is 11.5 Å². The molecule has 0 fully saturated rings. The minimum absolute atomic E-state index is 0.00982. The molecule has 2 aromatic rings. The lowest BCUT2D eigenvalue weighted by Gasteiger charge is -2.24. The van der Waals surface area contributed by atoms with E-state index in [4.69, 9.17) is 22.3 Å². The first kappa shape index (κ1) is 14.5. The maximum Gasteiger partial charge on any atom is 0.111 e. The standard InChI is InChI=1S/C15H19ClN2S/c1-9-12(10-6-5-7-11(16)8-10)18-14(19-9)13(17)15(2,3)4/h5-8,13H,17H2,1-4H3. The van der Waals surface area contributed by atoms with Gasteiger partial charge in [-0.05, 0) is 24.5 Å². The first-order chi connectivity index (χ1) is 8.79. The van der Waals surface area contributed by atoms with Crippen LogP contribution in [0.5, 0.6) is 0 Å². The summed E-state index contributed by atoms with van der Waals surface area (Å²) in [4.78, 5) is 5.90. The fraction of sp³-hybridized carbons (Fsp3) is 0.400. The Bertz CT molecular complexity index is 584. The largest absolute Gasteiger partial charge is 0.322 e. The number of hydrogen-bond donors (Lipinski definition) is 1. The van der Waals surface area contributed by atoms with Gasteiger partial charge in [-0.2, -0.15) is 0 Å². The summed E-state index contributed by atoms with van der Waals surface area (Å²) in [5, 5.41) is 1.71. The van der Waals surface area contributed by atoms with Crippen LogP contribution in [-0.2, 0) is 0 Å². The lowest BCUT2D eigenvalue weighted by atomic mass is 9.88. The van der Waals surface area contributed by atoms with Crippen LogP contribution in [-0.4, -0.2) is 4.98 Å². The Morgan fingerprint density at radius 3 is 2.58 bits per heavy atom. The minimum atomic E-state index is -0.0517. The molecule has 2 nitrogen and oxygen atoms in total. The van der Waals surface area contributed by atoms with Gasteiger partial charge in [0, 0.05) is 15.5 Å². The molecule has 102 valence electrons. The number of benzene rings is 1. The molecule has 0 radical (unpaired) electrons. The molecule has 2 N–H and O–H groups in total. The van der Waals surface area contributed by atoms with E-state index in [0.29, 0.717) is 0 Å². The third-order valence-electron chi connectivity index (χ3n) is 3.11. The average Bonchev–Trinajstić information content (AvgIpc) is 2.69. The van der Waals surface area contributed by atoms with E-state index in [9.17, 15) is 0 Å². The smallest absolute Gasteiger partial charge is 0.111 e. The van der Waals surface area contributed by atoms with E-state index in [2.05, 4.69) is 27.7 Å². The molecule has 1 aromatic heterocycles. The van der Waals surface area contributed by atoms with Gasteiger partial charge in [-0.15, -0.1) is 11.3 Å². The van der Waals surface area contributed by atoms with Gasteiger partial charge in [0.2, 0.25) is 0 Å². The number of hydrogen-bond acceptors (Lipinski definition) is 3. The molecule has 4 heteroatoms. The van der Waals surface area contributed by atoms with Crippen molar-refractivity contribution in [2.45, 2.75) is 33.7 Å². The number of halogens is 1. The number of aryl methyl sites for hydroxylation is 1. The number of nitrogens with zero attached hydrogens (tertiary/aromatic N) is 1. The van der Waals surface area contributed by atoms with Crippen molar-refractivity contribution in [2.24, 2.45) is 11.1 Å². The summed E-state index contributed by atoms with van der Waals surface area (Å²) in [6.07, 6.45) is 0. The second-order valence-electron chi connectivity index (χ2n) is 5.81. The molecule has 0 amide bonds. The van der Waals surface area contributed by atoms with Gasteiger partial charge in [0.25, 0.3) is 0 Å². The molecule has 0 aliphatic rings. The number of rotatable bonds is 2. The van der Waals surface area contributed by atoms with Crippen molar-refractivity contribution in [3.05, 3.63) is 39.2 Å². The highest BCUT2D eigenvalue weighted by Crippen LogP contribution is 2.36. The summed E-state index contributed by atoms with van der Waals surface area (Å²) in [7, 11) is 0. The van der Waals surface area contributed by atoms with Gasteiger partial charge >= 0.3 is 0 Å². The topological polar surface area (TPSA) is 38.9 Å². The van der Waals surface area contributed by atoms with Crippen molar-refractivity contribution in [1.82, 2.24) is 4.98 Å². The van der Waals surface area contributed by atoms with Crippen LogP contribution in [0.15, 0.2) is 24.3 Å². The van der Waals surface area contributed by atoms with Gasteiger partial charge in [0.05, 0.1) is 11.7 Å². The Balaban J connectivity index is 2.42. The van der Waals surface area contributed by atoms with E-state index in [1.807, 2.05) is 24.3 Å². The third-order valence-corrected chi connectivity index (χ3v) is 4.40. The molecule has 0 aliphatic carbocycles. The molecule has 0 saturated carbocycles. The maximum atomic E-state index is 6.28. The van der Waals surface area contributed by atoms with Gasteiger partial charge in [0.15, 0.2) is 0 Å². The molecular formula is C15H19ClN2S. The van der Waals surface area contributed by atoms with Crippen LogP contribution >= 0.6 is 22.9 Å². The molecule has 2 rings (SSSR count). The lowest BCUT2D eigenvalue weighted by Crippen LogP contribution is -2.26. The van der Waals surface area contributed by atoms with Crippen LogP contribution in [0.25, 0.3) is 11.3 Å². The van der Waals surface area contributed by atoms with Crippen LogP contribution in [0.1, 0.15) is 36.7 Å². The fourth-order valence-electron chi connectivity index (χ4n) is 1.82. The fourth-order valence-corrected chi connectivity index (χ4v) is 3.21. The van der Waals surface area contributed by atoms with Crippen LogP contribution in [0.3, 0.4) is 0 Å². The third kappa shape index (κ3) is 3.16. The van der Waals surface area contributed by atoms with Crippen molar-refractivity contribution in [3.8, 4) is 11.3 Å². The Hall–Kier alpha value is -0.900. The lowest BCUT2D eigenvalue weighted by molar-refractivity contribution is 0.326. The predicted molar refractivity (Wildman–Crippen MR) is 83.7 cm³/mol. The molecule has 1 unspecified atom stereocenters. The van der Waals surface area contributed by atoms with Crippen molar-refractivity contribution >= 4 is 22.9 Å². The summed E-state index contributed by atoms with van der Waals surface area (Å²) in [5.74, 6) is 0. The zero-order chi connectivity index (χ0) is 14.2. The average molecular weight is 295 g/mol. The highest BCUT2D eigenvalue weighted by molar-refractivity contribution is 7.12. The van der Waals surface area contributed by atoms with E-state index in [1.165, 1.54) is 4.88 Å².